The fourth-order valence-electron chi connectivity index (χ4n) is 1.10. The first kappa shape index (κ1) is 26.9. The molecule has 5 nitrogen and oxygen atoms in total. The summed E-state index contributed by atoms with van der Waals surface area (Å²) >= 11 is 0. The maximum absolute atomic E-state index is 10.0. The van der Waals surface area contributed by atoms with Crippen LogP contribution in [0.25, 0.3) is 0 Å². The summed E-state index contributed by atoms with van der Waals surface area (Å²) in [5.74, 6) is -0.925. The average molecular weight is 348 g/mol. The number of rotatable bonds is 5. The molecule has 0 aliphatic carbocycles. The van der Waals surface area contributed by atoms with E-state index in [-0.39, 0.29) is 40.0 Å². The number of hydrogen-bond acceptors (Lipinski definition) is 5. The van der Waals surface area contributed by atoms with Crippen molar-refractivity contribution in [1.29, 1.82) is 0 Å². The van der Waals surface area contributed by atoms with E-state index in [1.807, 2.05) is 0 Å². The van der Waals surface area contributed by atoms with Crippen LogP contribution < -0.4 is 20.2 Å². The molecule has 0 unspecified atom stereocenters. The average Bonchev–Trinajstić information content (AvgIpc) is 1.99. The van der Waals surface area contributed by atoms with Gasteiger partial charge in [0, 0.05) is 5.97 Å². The van der Waals surface area contributed by atoms with Crippen LogP contribution in [-0.2, 0) is 38.4 Å². The largest absolute Gasteiger partial charge is 2.00 e. The maximum Gasteiger partial charge on any atom is 2.00 e. The van der Waals surface area contributed by atoms with E-state index in [4.69, 9.17) is 15.1 Å². The van der Waals surface area contributed by atoms with Gasteiger partial charge in [0.15, 0.2) is 0 Å². The zero-order chi connectivity index (χ0) is 13.2. The summed E-state index contributed by atoms with van der Waals surface area (Å²) in [5, 5.41) is 35.3. The van der Waals surface area contributed by atoms with Crippen LogP contribution in [0, 0.1) is 5.41 Å². The van der Waals surface area contributed by atoms with Crippen LogP contribution >= 0.6 is 0 Å². The monoisotopic (exact) mass is 348 g/mol. The molecular formula is C10H19BCo2O5. The van der Waals surface area contributed by atoms with Gasteiger partial charge in [0.1, 0.15) is 0 Å². The third kappa shape index (κ3) is 44.0. The number of carboxylic acids is 1. The topological polar surface area (TPSA) is 109 Å². The van der Waals surface area contributed by atoms with Crippen molar-refractivity contribution in [3.05, 3.63) is 0 Å². The number of hydrogen-bond donors (Lipinski definition) is 0. The van der Waals surface area contributed by atoms with E-state index in [9.17, 15) is 9.90 Å². The number of aliphatic carboxylic acids is 1. The van der Waals surface area contributed by atoms with Crippen LogP contribution in [0.5, 0.6) is 0 Å². The third-order valence-corrected chi connectivity index (χ3v) is 1.81. The van der Waals surface area contributed by atoms with Gasteiger partial charge in [0.05, 0.1) is 0 Å². The minimum absolute atomic E-state index is 0. The van der Waals surface area contributed by atoms with Gasteiger partial charge in [-0.25, -0.2) is 0 Å². The van der Waals surface area contributed by atoms with Gasteiger partial charge in [-0.15, -0.1) is 0 Å². The van der Waals surface area contributed by atoms with Gasteiger partial charge in [-0.05, 0) is 24.7 Å². The second-order valence-corrected chi connectivity index (χ2v) is 4.78. The van der Waals surface area contributed by atoms with E-state index in [0.717, 1.165) is 19.3 Å². The van der Waals surface area contributed by atoms with Gasteiger partial charge in [0.25, 0.3) is 0 Å². The Hall–Kier alpha value is 0.428. The Morgan fingerprint density at radius 2 is 1.39 bits per heavy atom. The Morgan fingerprint density at radius 1 is 1.00 bits per heavy atom. The Kier molecular flexibility index (Phi) is 23.1. The zero-order valence-corrected chi connectivity index (χ0v) is 12.9. The van der Waals surface area contributed by atoms with E-state index in [2.05, 4.69) is 20.8 Å². The van der Waals surface area contributed by atoms with Crippen LogP contribution in [0.1, 0.15) is 52.9 Å². The van der Waals surface area contributed by atoms with Crippen LogP contribution in [0.3, 0.4) is 0 Å². The summed E-state index contributed by atoms with van der Waals surface area (Å²) in [5.41, 5.74) is 0.376. The predicted molar refractivity (Wildman–Crippen MR) is 53.3 cm³/mol. The molecule has 0 rings (SSSR count). The SMILES string of the molecule is CC(C)(C)CCCCCC(=O)[O-].[Co+2].[Co+2].[O-]B([O-])[O-]. The second-order valence-electron chi connectivity index (χ2n) is 4.78. The first-order chi connectivity index (χ1) is 7.15. The molecular weight excluding hydrogens is 329 g/mol. The standard InChI is InChI=1S/C10H20O2.BO3.2Co/c1-10(2,3)8-6-4-5-7-9(11)12;2-1(3)4;;/h4-8H2,1-3H3,(H,11,12);;;/q;-3;2*+2/p-1. The quantitative estimate of drug-likeness (QED) is 0.413. The molecule has 0 aliphatic rings. The van der Waals surface area contributed by atoms with Crippen LogP contribution in [0.15, 0.2) is 0 Å². The van der Waals surface area contributed by atoms with Crippen molar-refractivity contribution in [2.45, 2.75) is 52.9 Å². The summed E-state index contributed by atoms with van der Waals surface area (Å²) in [7, 11) is -2.92. The Morgan fingerprint density at radius 3 is 1.67 bits per heavy atom. The first-order valence-corrected chi connectivity index (χ1v) is 5.32. The molecule has 0 N–H and O–H groups in total. The first-order valence-electron chi connectivity index (χ1n) is 5.32. The molecule has 0 aromatic carbocycles. The molecule has 0 amide bonds. The van der Waals surface area contributed by atoms with Crippen molar-refractivity contribution in [2.75, 3.05) is 0 Å². The fourth-order valence-corrected chi connectivity index (χ4v) is 1.10. The summed E-state index contributed by atoms with van der Waals surface area (Å²) in [4.78, 5) is 10.0. The van der Waals surface area contributed by atoms with Gasteiger partial charge < -0.3 is 25.0 Å². The van der Waals surface area contributed by atoms with Crippen molar-refractivity contribution in [3.63, 3.8) is 0 Å². The molecule has 0 saturated heterocycles. The number of unbranched alkanes of at least 4 members (excludes halogenated alkanes) is 2. The van der Waals surface area contributed by atoms with Gasteiger partial charge in [-0.1, -0.05) is 33.6 Å². The minimum atomic E-state index is -2.92. The molecule has 8 heteroatoms. The predicted octanol–water partition coefficient (Wildman–Crippen LogP) is -2.22. The van der Waals surface area contributed by atoms with Crippen molar-refractivity contribution in [3.8, 4) is 0 Å². The third-order valence-electron chi connectivity index (χ3n) is 1.81. The molecule has 0 spiro atoms. The molecule has 110 valence electrons. The van der Waals surface area contributed by atoms with E-state index in [0.29, 0.717) is 5.41 Å². The Labute approximate surface area is 130 Å². The Bertz CT molecular complexity index is 183. The van der Waals surface area contributed by atoms with Crippen molar-refractivity contribution in [2.24, 2.45) is 5.41 Å². The summed E-state index contributed by atoms with van der Waals surface area (Å²) in [6.07, 6.45) is 4.27. The van der Waals surface area contributed by atoms with E-state index in [1.54, 1.807) is 0 Å². The van der Waals surface area contributed by atoms with Gasteiger partial charge >= 0.3 is 33.6 Å². The van der Waals surface area contributed by atoms with Gasteiger partial charge in [0.2, 0.25) is 0 Å². The molecule has 18 heavy (non-hydrogen) atoms. The number of carboxylic acid groups (broad SMARTS) is 1. The van der Waals surface area contributed by atoms with Gasteiger partial charge in [-0.3, -0.25) is 7.32 Å². The fraction of sp³-hybridized carbons (Fsp3) is 0.900. The molecule has 0 saturated carbocycles. The van der Waals surface area contributed by atoms with Crippen LogP contribution in [0.4, 0.5) is 0 Å². The molecule has 2 radical (unpaired) electrons. The molecule has 0 aromatic heterocycles. The summed E-state index contributed by atoms with van der Waals surface area (Å²) in [6, 6.07) is 0. The van der Waals surface area contributed by atoms with E-state index < -0.39 is 13.3 Å². The van der Waals surface area contributed by atoms with E-state index in [1.165, 1.54) is 6.42 Å². The summed E-state index contributed by atoms with van der Waals surface area (Å²) in [6.45, 7) is 6.60. The molecule has 0 heterocycles. The molecule has 0 aliphatic heterocycles. The van der Waals surface area contributed by atoms with Crippen LogP contribution in [0.2, 0.25) is 0 Å². The summed E-state index contributed by atoms with van der Waals surface area (Å²) < 4.78 is 0. The van der Waals surface area contributed by atoms with Gasteiger partial charge in [-0.2, -0.15) is 0 Å². The normalized spacial score (nSPS) is 9.22. The van der Waals surface area contributed by atoms with Crippen molar-refractivity contribution in [1.82, 2.24) is 0 Å². The Balaban J connectivity index is -0.000000143. The molecule has 0 atom stereocenters. The van der Waals surface area contributed by atoms with Crippen molar-refractivity contribution < 1.29 is 58.5 Å². The van der Waals surface area contributed by atoms with Crippen molar-refractivity contribution >= 4 is 13.3 Å². The number of carbonyl (C=O) groups is 1. The second kappa shape index (κ2) is 15.5. The molecule has 0 aromatic rings. The van der Waals surface area contributed by atoms with Crippen LogP contribution in [-0.4, -0.2) is 13.3 Å². The zero-order valence-electron chi connectivity index (χ0n) is 10.8. The number of carbonyl (C=O) groups excluding carboxylic acids is 1. The molecule has 0 bridgehead atoms. The molecule has 0 fully saturated rings. The minimum Gasteiger partial charge on any atom is -0.907 e. The maximum atomic E-state index is 10.0. The smallest absolute Gasteiger partial charge is 0.907 e. The van der Waals surface area contributed by atoms with E-state index >= 15 is 0 Å².